The molecule has 0 saturated carbocycles. The lowest BCUT2D eigenvalue weighted by molar-refractivity contribution is 0.0237. The van der Waals surface area contributed by atoms with E-state index in [1.807, 2.05) is 42.5 Å². The quantitative estimate of drug-likeness (QED) is 0.535. The van der Waals surface area contributed by atoms with E-state index in [0.29, 0.717) is 6.42 Å². The molecule has 0 bridgehead atoms. The van der Waals surface area contributed by atoms with Crippen molar-refractivity contribution in [3.63, 3.8) is 0 Å². The van der Waals surface area contributed by atoms with Crippen LogP contribution in [0.15, 0.2) is 42.5 Å². The van der Waals surface area contributed by atoms with E-state index in [1.54, 1.807) is 0 Å². The van der Waals surface area contributed by atoms with Gasteiger partial charge in [-0.2, -0.15) is 0 Å². The number of fused-ring (bicyclic) bond motifs is 1. The van der Waals surface area contributed by atoms with Crippen LogP contribution in [0.4, 0.5) is 4.79 Å². The van der Waals surface area contributed by atoms with Crippen LogP contribution in [-0.4, -0.2) is 12.3 Å². The molecule has 82 valence electrons. The Morgan fingerprint density at radius 1 is 1.19 bits per heavy atom. The molecule has 0 amide bonds. The average molecular weight is 216 g/mol. The van der Waals surface area contributed by atoms with E-state index in [0.717, 1.165) is 12.0 Å². The maximum absolute atomic E-state index is 11.3. The Bertz CT molecular complexity index is 438. The summed E-state index contributed by atoms with van der Waals surface area (Å²) in [6, 6.07) is 9.81. The SMILES string of the molecule is O=C1O[C@@H]2CC=CC[C@]2(c2ccccc2)O1. The Kier molecular flexibility index (Phi) is 1.99. The first-order valence-corrected chi connectivity index (χ1v) is 5.41. The lowest BCUT2D eigenvalue weighted by Crippen LogP contribution is -2.38. The second kappa shape index (κ2) is 3.37. The summed E-state index contributed by atoms with van der Waals surface area (Å²) in [4.78, 5) is 11.3. The minimum absolute atomic E-state index is 0.188. The first kappa shape index (κ1) is 9.46. The molecule has 0 unspecified atom stereocenters. The molecule has 0 radical (unpaired) electrons. The van der Waals surface area contributed by atoms with Gasteiger partial charge < -0.3 is 9.47 Å². The molecular formula is C13H12O3. The van der Waals surface area contributed by atoms with Gasteiger partial charge in [-0.15, -0.1) is 0 Å². The van der Waals surface area contributed by atoms with Gasteiger partial charge in [0.2, 0.25) is 0 Å². The Morgan fingerprint density at radius 2 is 2.00 bits per heavy atom. The first-order valence-electron chi connectivity index (χ1n) is 5.41. The van der Waals surface area contributed by atoms with Crippen molar-refractivity contribution in [3.05, 3.63) is 48.0 Å². The zero-order chi connectivity index (χ0) is 11.0. The molecule has 0 spiro atoms. The minimum Gasteiger partial charge on any atom is -0.426 e. The highest BCUT2D eigenvalue weighted by Gasteiger charge is 2.52. The van der Waals surface area contributed by atoms with E-state index in [9.17, 15) is 4.79 Å². The minimum atomic E-state index is -0.604. The topological polar surface area (TPSA) is 35.5 Å². The Balaban J connectivity index is 2.07. The number of rotatable bonds is 1. The van der Waals surface area contributed by atoms with Gasteiger partial charge in [-0.05, 0) is 5.56 Å². The molecule has 16 heavy (non-hydrogen) atoms. The third-order valence-electron chi connectivity index (χ3n) is 3.22. The van der Waals surface area contributed by atoms with Gasteiger partial charge in [0.1, 0.15) is 0 Å². The van der Waals surface area contributed by atoms with E-state index in [4.69, 9.17) is 9.47 Å². The average Bonchev–Trinajstić information content (AvgIpc) is 2.67. The molecule has 3 nitrogen and oxygen atoms in total. The van der Waals surface area contributed by atoms with Gasteiger partial charge in [0.25, 0.3) is 0 Å². The van der Waals surface area contributed by atoms with E-state index < -0.39 is 11.8 Å². The summed E-state index contributed by atoms with van der Waals surface area (Å²) in [6.07, 6.45) is 4.75. The second-order valence-electron chi connectivity index (χ2n) is 4.13. The van der Waals surface area contributed by atoms with Crippen LogP contribution in [0.5, 0.6) is 0 Å². The monoisotopic (exact) mass is 216 g/mol. The van der Waals surface area contributed by atoms with E-state index in [2.05, 4.69) is 0 Å². The lowest BCUT2D eigenvalue weighted by Gasteiger charge is -2.32. The second-order valence-corrected chi connectivity index (χ2v) is 4.13. The molecule has 1 aliphatic carbocycles. The number of benzene rings is 1. The molecule has 1 saturated heterocycles. The molecule has 3 rings (SSSR count). The fourth-order valence-corrected chi connectivity index (χ4v) is 2.42. The van der Waals surface area contributed by atoms with Gasteiger partial charge in [0, 0.05) is 12.8 Å². The molecule has 0 aromatic heterocycles. The number of ether oxygens (including phenoxy) is 2. The van der Waals surface area contributed by atoms with Crippen LogP contribution in [0.2, 0.25) is 0 Å². The third kappa shape index (κ3) is 1.24. The number of hydrogen-bond donors (Lipinski definition) is 0. The maximum Gasteiger partial charge on any atom is 0.509 e. The van der Waals surface area contributed by atoms with Gasteiger partial charge in [0.05, 0.1) is 0 Å². The summed E-state index contributed by atoms with van der Waals surface area (Å²) >= 11 is 0. The molecule has 1 fully saturated rings. The Morgan fingerprint density at radius 3 is 2.81 bits per heavy atom. The molecule has 1 aromatic rings. The fourth-order valence-electron chi connectivity index (χ4n) is 2.42. The Labute approximate surface area is 93.7 Å². The summed E-state index contributed by atoms with van der Waals surface area (Å²) in [6.45, 7) is 0. The first-order chi connectivity index (χ1) is 7.81. The van der Waals surface area contributed by atoms with Crippen molar-refractivity contribution < 1.29 is 14.3 Å². The molecule has 0 N–H and O–H groups in total. The predicted molar refractivity (Wildman–Crippen MR) is 57.8 cm³/mol. The van der Waals surface area contributed by atoms with Crippen molar-refractivity contribution in [2.24, 2.45) is 0 Å². The van der Waals surface area contributed by atoms with E-state index in [-0.39, 0.29) is 6.10 Å². The lowest BCUT2D eigenvalue weighted by atomic mass is 9.81. The maximum atomic E-state index is 11.3. The van der Waals surface area contributed by atoms with Crippen molar-refractivity contribution in [1.82, 2.24) is 0 Å². The largest absolute Gasteiger partial charge is 0.509 e. The van der Waals surface area contributed by atoms with Crippen molar-refractivity contribution in [3.8, 4) is 0 Å². The van der Waals surface area contributed by atoms with Crippen molar-refractivity contribution in [2.45, 2.75) is 24.5 Å². The highest BCUT2D eigenvalue weighted by atomic mass is 16.8. The number of carbonyl (C=O) groups excluding carboxylic acids is 1. The van der Waals surface area contributed by atoms with Crippen LogP contribution in [0.25, 0.3) is 0 Å². The van der Waals surface area contributed by atoms with Gasteiger partial charge in [-0.1, -0.05) is 42.5 Å². The summed E-state index contributed by atoms with van der Waals surface area (Å²) in [5.41, 5.74) is 0.405. The Hall–Kier alpha value is -1.77. The van der Waals surface area contributed by atoms with Gasteiger partial charge in [-0.25, -0.2) is 4.79 Å². The molecule has 1 aliphatic heterocycles. The molecule has 2 aliphatic rings. The number of hydrogen-bond acceptors (Lipinski definition) is 3. The molecule has 2 atom stereocenters. The van der Waals surface area contributed by atoms with Crippen molar-refractivity contribution in [1.29, 1.82) is 0 Å². The zero-order valence-corrected chi connectivity index (χ0v) is 8.76. The summed E-state index contributed by atoms with van der Waals surface area (Å²) in [5, 5.41) is 0. The van der Waals surface area contributed by atoms with Gasteiger partial charge >= 0.3 is 6.16 Å². The smallest absolute Gasteiger partial charge is 0.426 e. The van der Waals surface area contributed by atoms with Crippen LogP contribution in [0, 0.1) is 0 Å². The summed E-state index contributed by atoms with van der Waals surface area (Å²) in [7, 11) is 0. The fraction of sp³-hybridized carbons (Fsp3) is 0.308. The van der Waals surface area contributed by atoms with Crippen molar-refractivity contribution >= 4 is 6.16 Å². The number of carbonyl (C=O) groups is 1. The molecular weight excluding hydrogens is 204 g/mol. The van der Waals surface area contributed by atoms with E-state index >= 15 is 0 Å². The van der Waals surface area contributed by atoms with Gasteiger partial charge in [0.15, 0.2) is 11.7 Å². The van der Waals surface area contributed by atoms with Crippen LogP contribution in [0.1, 0.15) is 18.4 Å². The van der Waals surface area contributed by atoms with Gasteiger partial charge in [-0.3, -0.25) is 0 Å². The third-order valence-corrected chi connectivity index (χ3v) is 3.22. The van der Waals surface area contributed by atoms with E-state index in [1.165, 1.54) is 0 Å². The van der Waals surface area contributed by atoms with Crippen LogP contribution in [0.3, 0.4) is 0 Å². The highest BCUT2D eigenvalue weighted by Crippen LogP contribution is 2.44. The summed E-state index contributed by atoms with van der Waals surface area (Å²) in [5.74, 6) is 0. The predicted octanol–water partition coefficient (Wildman–Crippen LogP) is 2.77. The molecule has 3 heteroatoms. The standard InChI is InChI=1S/C13H12O3/c14-12-15-11-8-4-5-9-13(11,16-12)10-6-2-1-3-7-10/h1-7,11H,8-9H2/t11-,13-/m1/s1. The summed E-state index contributed by atoms with van der Waals surface area (Å²) < 4.78 is 10.6. The molecule has 1 heterocycles. The van der Waals surface area contributed by atoms with Crippen LogP contribution < -0.4 is 0 Å². The highest BCUT2D eigenvalue weighted by molar-refractivity contribution is 5.64. The van der Waals surface area contributed by atoms with Crippen LogP contribution in [-0.2, 0) is 15.1 Å². The molecule has 1 aromatic carbocycles. The van der Waals surface area contributed by atoms with Crippen molar-refractivity contribution in [2.75, 3.05) is 0 Å². The zero-order valence-electron chi connectivity index (χ0n) is 8.76. The van der Waals surface area contributed by atoms with Crippen LogP contribution >= 0.6 is 0 Å². The normalized spacial score (nSPS) is 31.8.